The van der Waals surface area contributed by atoms with Crippen molar-refractivity contribution in [3.63, 3.8) is 0 Å². The third-order valence-electron chi connectivity index (χ3n) is 10.6. The minimum Gasteiger partial charge on any atom is -0.493 e. The number of ether oxygens (including phenoxy) is 3. The van der Waals surface area contributed by atoms with Crippen molar-refractivity contribution in [3.8, 4) is 11.5 Å². The molecule has 5 heteroatoms. The number of nitrogens with one attached hydrogen (secondary N) is 1. The van der Waals surface area contributed by atoms with Gasteiger partial charge in [0, 0.05) is 35.5 Å². The zero-order valence-electron chi connectivity index (χ0n) is 19.8. The van der Waals surface area contributed by atoms with Crippen molar-refractivity contribution >= 4 is 0 Å². The van der Waals surface area contributed by atoms with Crippen molar-refractivity contribution in [2.45, 2.75) is 88.6 Å². The zero-order chi connectivity index (χ0) is 22.0. The van der Waals surface area contributed by atoms with Crippen LogP contribution in [0.5, 0.6) is 11.5 Å². The Labute approximate surface area is 185 Å². The van der Waals surface area contributed by atoms with Crippen LogP contribution in [-0.2, 0) is 16.6 Å². The average Bonchev–Trinajstić information content (AvgIpc) is 3.09. The van der Waals surface area contributed by atoms with Crippen LogP contribution in [0.1, 0.15) is 64.5 Å². The lowest BCUT2D eigenvalue weighted by Gasteiger charge is -2.74. The number of rotatable bonds is 3. The van der Waals surface area contributed by atoms with Gasteiger partial charge in [-0.15, -0.1) is 0 Å². The van der Waals surface area contributed by atoms with E-state index in [4.69, 9.17) is 14.2 Å². The maximum atomic E-state index is 12.0. The van der Waals surface area contributed by atoms with Gasteiger partial charge in [-0.3, -0.25) is 0 Å². The molecule has 31 heavy (non-hydrogen) atoms. The Balaban J connectivity index is 1.64. The van der Waals surface area contributed by atoms with E-state index in [0.717, 1.165) is 50.1 Å². The lowest BCUT2D eigenvalue weighted by Crippen LogP contribution is -2.83. The smallest absolute Gasteiger partial charge is 0.165 e. The van der Waals surface area contributed by atoms with E-state index < -0.39 is 11.2 Å². The summed E-state index contributed by atoms with van der Waals surface area (Å²) in [4.78, 5) is 0. The summed E-state index contributed by atoms with van der Waals surface area (Å²) in [7, 11) is 3.57. The summed E-state index contributed by atoms with van der Waals surface area (Å²) in [5.41, 5.74) is 1.13. The van der Waals surface area contributed by atoms with E-state index in [-0.39, 0.29) is 28.3 Å². The van der Waals surface area contributed by atoms with E-state index in [1.165, 1.54) is 11.1 Å². The average molecular weight is 428 g/mol. The van der Waals surface area contributed by atoms with Gasteiger partial charge in [0.05, 0.1) is 12.7 Å². The molecule has 0 amide bonds. The minimum absolute atomic E-state index is 0.00105. The highest BCUT2D eigenvalue weighted by molar-refractivity contribution is 5.63. The van der Waals surface area contributed by atoms with Crippen molar-refractivity contribution in [2.24, 2.45) is 16.7 Å². The second kappa shape index (κ2) is 5.78. The summed E-state index contributed by atoms with van der Waals surface area (Å²) < 4.78 is 19.3. The minimum atomic E-state index is -0.880. The van der Waals surface area contributed by atoms with Crippen LogP contribution in [0.15, 0.2) is 12.1 Å². The Morgan fingerprint density at radius 1 is 1.13 bits per heavy atom. The van der Waals surface area contributed by atoms with E-state index in [9.17, 15) is 5.11 Å². The third kappa shape index (κ3) is 1.98. The van der Waals surface area contributed by atoms with Crippen molar-refractivity contribution in [1.29, 1.82) is 0 Å². The van der Waals surface area contributed by atoms with E-state index in [0.29, 0.717) is 6.04 Å². The number of hydrogen-bond acceptors (Lipinski definition) is 5. The van der Waals surface area contributed by atoms with Gasteiger partial charge in [0.1, 0.15) is 11.7 Å². The first-order valence-electron chi connectivity index (χ1n) is 12.0. The molecule has 1 saturated heterocycles. The number of piperidine rings is 1. The van der Waals surface area contributed by atoms with Crippen LogP contribution in [0.4, 0.5) is 0 Å². The first-order chi connectivity index (χ1) is 14.6. The molecule has 1 aromatic rings. The monoisotopic (exact) mass is 427 g/mol. The largest absolute Gasteiger partial charge is 0.493 e. The quantitative estimate of drug-likeness (QED) is 0.772. The molecule has 3 saturated carbocycles. The lowest BCUT2D eigenvalue weighted by molar-refractivity contribution is -0.303. The van der Waals surface area contributed by atoms with Gasteiger partial charge in [-0.05, 0) is 62.6 Å². The van der Waals surface area contributed by atoms with Crippen LogP contribution in [0.25, 0.3) is 0 Å². The maximum absolute atomic E-state index is 12.0. The molecule has 0 aromatic heterocycles. The molecule has 2 unspecified atom stereocenters. The Kier molecular flexibility index (Phi) is 3.79. The second-order valence-corrected chi connectivity index (χ2v) is 12.0. The molecule has 4 fully saturated rings. The molecule has 2 N–H and O–H groups in total. The molecule has 0 radical (unpaired) electrons. The molecular weight excluding hydrogens is 390 g/mol. The van der Waals surface area contributed by atoms with Crippen LogP contribution >= 0.6 is 0 Å². The normalized spacial score (nSPS) is 43.8. The van der Waals surface area contributed by atoms with Gasteiger partial charge in [0.2, 0.25) is 0 Å². The molecule has 1 aromatic carbocycles. The van der Waals surface area contributed by atoms with Crippen LogP contribution in [0.3, 0.4) is 0 Å². The first kappa shape index (κ1) is 20.3. The summed E-state index contributed by atoms with van der Waals surface area (Å²) in [6, 6.07) is 4.73. The highest BCUT2D eigenvalue weighted by atomic mass is 16.6. The standard InChI is InChI=1S/C26H37NO4/c1-22(2,3)23(4,28)17-14-24-9-10-26(17,30-6)21-25(24)11-12-27-18(24)13-15-7-8-16(29-5)20(31-21)19(15)25/h7-8,17-18,21,27-28H,9-14H2,1-6H3/t17-,18-,21?,23-,24?,25+,26-/m1/s1. The molecule has 5 nitrogen and oxygen atoms in total. The third-order valence-corrected chi connectivity index (χ3v) is 10.6. The van der Waals surface area contributed by atoms with Gasteiger partial charge in [0.15, 0.2) is 11.5 Å². The Morgan fingerprint density at radius 3 is 2.58 bits per heavy atom. The molecule has 170 valence electrons. The van der Waals surface area contributed by atoms with Crippen molar-refractivity contribution in [3.05, 3.63) is 23.3 Å². The number of hydrogen-bond donors (Lipinski definition) is 2. The summed E-state index contributed by atoms with van der Waals surface area (Å²) >= 11 is 0. The summed E-state index contributed by atoms with van der Waals surface area (Å²) in [5.74, 6) is 1.77. The van der Waals surface area contributed by atoms with Crippen LogP contribution in [-0.4, -0.2) is 49.2 Å². The van der Waals surface area contributed by atoms with Gasteiger partial charge in [-0.25, -0.2) is 0 Å². The number of methoxy groups -OCH3 is 2. The molecule has 7 atom stereocenters. The summed E-state index contributed by atoms with van der Waals surface area (Å²) in [6.45, 7) is 9.48. The lowest BCUT2D eigenvalue weighted by atomic mass is 9.33. The van der Waals surface area contributed by atoms with Gasteiger partial charge in [-0.1, -0.05) is 26.8 Å². The van der Waals surface area contributed by atoms with Crippen molar-refractivity contribution < 1.29 is 19.3 Å². The van der Waals surface area contributed by atoms with Crippen LogP contribution in [0.2, 0.25) is 0 Å². The fraction of sp³-hybridized carbons (Fsp3) is 0.769. The van der Waals surface area contributed by atoms with Crippen LogP contribution in [0, 0.1) is 16.7 Å². The fourth-order valence-corrected chi connectivity index (χ4v) is 8.68. The molecule has 6 aliphatic rings. The number of fused-ring (bicyclic) bond motifs is 2. The topological polar surface area (TPSA) is 60.0 Å². The Hall–Kier alpha value is -1.30. The Morgan fingerprint density at radius 2 is 1.90 bits per heavy atom. The number of benzene rings is 1. The van der Waals surface area contributed by atoms with Gasteiger partial charge >= 0.3 is 0 Å². The highest BCUT2D eigenvalue weighted by Gasteiger charge is 2.81. The highest BCUT2D eigenvalue weighted by Crippen LogP contribution is 2.77. The fourth-order valence-electron chi connectivity index (χ4n) is 8.68. The summed E-state index contributed by atoms with van der Waals surface area (Å²) in [6.07, 6.45) is 4.99. The second-order valence-electron chi connectivity index (χ2n) is 12.0. The molecule has 2 spiro atoms. The van der Waals surface area contributed by atoms with E-state index in [1.807, 2.05) is 14.0 Å². The zero-order valence-corrected chi connectivity index (χ0v) is 19.8. The molecule has 4 aliphatic carbocycles. The van der Waals surface area contributed by atoms with Gasteiger partial charge < -0.3 is 24.6 Å². The van der Waals surface area contributed by atoms with Crippen molar-refractivity contribution in [2.75, 3.05) is 20.8 Å². The molecular formula is C26H37NO4. The molecule has 2 aliphatic heterocycles. The predicted octanol–water partition coefficient (Wildman–Crippen LogP) is 3.59. The predicted molar refractivity (Wildman–Crippen MR) is 119 cm³/mol. The van der Waals surface area contributed by atoms with Gasteiger partial charge in [0.25, 0.3) is 0 Å². The first-order valence-corrected chi connectivity index (χ1v) is 12.0. The molecule has 2 heterocycles. The summed E-state index contributed by atoms with van der Waals surface area (Å²) in [5, 5.41) is 15.9. The van der Waals surface area contributed by atoms with E-state index in [2.05, 4.69) is 38.2 Å². The van der Waals surface area contributed by atoms with Crippen molar-refractivity contribution in [1.82, 2.24) is 5.32 Å². The molecule has 4 bridgehead atoms. The van der Waals surface area contributed by atoms with Crippen LogP contribution < -0.4 is 14.8 Å². The van der Waals surface area contributed by atoms with Gasteiger partial charge in [-0.2, -0.15) is 0 Å². The SMILES string of the molecule is COc1ccc2c3c1OC1[C@@]4(OC)CCC5(C[C@@H]4[C@@](C)(O)C(C)(C)C)[C@@H](C2)NCC[C@]315. The maximum Gasteiger partial charge on any atom is 0.165 e. The van der Waals surface area contributed by atoms with E-state index >= 15 is 0 Å². The Bertz CT molecular complexity index is 951. The number of aliphatic hydroxyl groups is 1. The van der Waals surface area contributed by atoms with E-state index in [1.54, 1.807) is 7.11 Å². The molecule has 7 rings (SSSR count).